The third kappa shape index (κ3) is 0.754. The van der Waals surface area contributed by atoms with Crippen LogP contribution in [-0.2, 0) is 5.41 Å². The van der Waals surface area contributed by atoms with Crippen LogP contribution in [0, 0.1) is 0 Å². The zero-order valence-corrected chi connectivity index (χ0v) is 7.40. The Hall–Kier alpha value is -0.860. The molecule has 13 heavy (non-hydrogen) atoms. The standard InChI is InChI=1S/C11H13NO/c12-9-7-3-1-2-4-8(7)11(5-6-11)10(9)13/h1-4,9-10,13H,5-6,12H2/t9-,10+/m0/s1. The lowest BCUT2D eigenvalue weighted by Gasteiger charge is -2.15. The second-order valence-corrected chi connectivity index (χ2v) is 4.21. The largest absolute Gasteiger partial charge is 0.390 e. The van der Waals surface area contributed by atoms with Crippen molar-refractivity contribution in [1.29, 1.82) is 0 Å². The van der Waals surface area contributed by atoms with Crippen LogP contribution in [0.15, 0.2) is 24.3 Å². The molecule has 1 aromatic rings. The van der Waals surface area contributed by atoms with Crippen molar-refractivity contribution in [1.82, 2.24) is 0 Å². The minimum absolute atomic E-state index is 0.0377. The molecule has 2 nitrogen and oxygen atoms in total. The van der Waals surface area contributed by atoms with E-state index in [0.29, 0.717) is 0 Å². The maximum atomic E-state index is 9.98. The summed E-state index contributed by atoms with van der Waals surface area (Å²) in [5.41, 5.74) is 8.43. The van der Waals surface area contributed by atoms with Crippen LogP contribution in [0.4, 0.5) is 0 Å². The molecule has 1 spiro atoms. The molecule has 0 bridgehead atoms. The molecule has 3 rings (SSSR count). The van der Waals surface area contributed by atoms with Crippen molar-refractivity contribution < 1.29 is 5.11 Å². The fraction of sp³-hybridized carbons (Fsp3) is 0.455. The van der Waals surface area contributed by atoms with Gasteiger partial charge in [0, 0.05) is 5.41 Å². The minimum Gasteiger partial charge on any atom is -0.390 e. The molecule has 0 unspecified atom stereocenters. The van der Waals surface area contributed by atoms with Crippen LogP contribution < -0.4 is 5.73 Å². The van der Waals surface area contributed by atoms with Gasteiger partial charge in [-0.2, -0.15) is 0 Å². The summed E-state index contributed by atoms with van der Waals surface area (Å²) in [4.78, 5) is 0. The van der Waals surface area contributed by atoms with Crippen molar-refractivity contribution >= 4 is 0 Å². The van der Waals surface area contributed by atoms with Gasteiger partial charge in [-0.05, 0) is 24.0 Å². The average Bonchev–Trinajstić information content (AvgIpc) is 2.93. The van der Waals surface area contributed by atoms with Gasteiger partial charge in [0.2, 0.25) is 0 Å². The number of rotatable bonds is 0. The molecule has 1 aromatic carbocycles. The topological polar surface area (TPSA) is 46.2 Å². The number of fused-ring (bicyclic) bond motifs is 2. The first kappa shape index (κ1) is 7.54. The lowest BCUT2D eigenvalue weighted by atomic mass is 9.97. The highest BCUT2D eigenvalue weighted by molar-refractivity contribution is 5.48. The molecule has 2 atom stereocenters. The maximum Gasteiger partial charge on any atom is 0.0829 e. The first-order valence-electron chi connectivity index (χ1n) is 4.79. The van der Waals surface area contributed by atoms with E-state index >= 15 is 0 Å². The molecule has 1 fully saturated rings. The maximum absolute atomic E-state index is 9.98. The molecule has 68 valence electrons. The van der Waals surface area contributed by atoms with Crippen molar-refractivity contribution in [3.05, 3.63) is 35.4 Å². The number of hydrogen-bond donors (Lipinski definition) is 2. The first-order chi connectivity index (χ1) is 6.26. The van der Waals surface area contributed by atoms with Crippen LogP contribution in [0.3, 0.4) is 0 Å². The molecule has 0 aromatic heterocycles. The molecular weight excluding hydrogens is 162 g/mol. The van der Waals surface area contributed by atoms with Crippen molar-refractivity contribution in [2.75, 3.05) is 0 Å². The van der Waals surface area contributed by atoms with E-state index in [0.717, 1.165) is 18.4 Å². The van der Waals surface area contributed by atoms with E-state index in [1.54, 1.807) is 0 Å². The predicted octanol–water partition coefficient (Wildman–Crippen LogP) is 1.09. The number of benzene rings is 1. The molecule has 2 aliphatic carbocycles. The molecule has 2 heteroatoms. The van der Waals surface area contributed by atoms with Gasteiger partial charge in [0.15, 0.2) is 0 Å². The Morgan fingerprint density at radius 2 is 2.00 bits per heavy atom. The fourth-order valence-corrected chi connectivity index (χ4v) is 2.61. The third-order valence-electron chi connectivity index (χ3n) is 3.55. The Labute approximate surface area is 77.4 Å². The van der Waals surface area contributed by atoms with Gasteiger partial charge in [0.05, 0.1) is 12.1 Å². The van der Waals surface area contributed by atoms with Crippen LogP contribution in [0.5, 0.6) is 0 Å². The van der Waals surface area contributed by atoms with Crippen LogP contribution in [0.2, 0.25) is 0 Å². The van der Waals surface area contributed by atoms with Crippen LogP contribution in [0.25, 0.3) is 0 Å². The Morgan fingerprint density at radius 1 is 1.31 bits per heavy atom. The second-order valence-electron chi connectivity index (χ2n) is 4.21. The highest BCUT2D eigenvalue weighted by atomic mass is 16.3. The lowest BCUT2D eigenvalue weighted by Crippen LogP contribution is -2.28. The number of aliphatic hydroxyl groups is 1. The van der Waals surface area contributed by atoms with E-state index in [1.165, 1.54) is 5.56 Å². The Morgan fingerprint density at radius 3 is 2.69 bits per heavy atom. The van der Waals surface area contributed by atoms with E-state index in [-0.39, 0.29) is 17.6 Å². The van der Waals surface area contributed by atoms with Gasteiger partial charge in [0.25, 0.3) is 0 Å². The van der Waals surface area contributed by atoms with Gasteiger partial charge in [0.1, 0.15) is 0 Å². The summed E-state index contributed by atoms with van der Waals surface area (Å²) in [5, 5.41) is 9.98. The average molecular weight is 175 g/mol. The first-order valence-corrected chi connectivity index (χ1v) is 4.79. The molecule has 2 aliphatic rings. The van der Waals surface area contributed by atoms with Crippen molar-refractivity contribution in [2.45, 2.75) is 30.4 Å². The van der Waals surface area contributed by atoms with Crippen LogP contribution >= 0.6 is 0 Å². The minimum atomic E-state index is -0.357. The second kappa shape index (κ2) is 2.14. The van der Waals surface area contributed by atoms with E-state index in [4.69, 9.17) is 5.73 Å². The summed E-state index contributed by atoms with van der Waals surface area (Å²) in [7, 11) is 0. The lowest BCUT2D eigenvalue weighted by molar-refractivity contribution is 0.120. The number of nitrogens with two attached hydrogens (primary N) is 1. The monoisotopic (exact) mass is 175 g/mol. The van der Waals surface area contributed by atoms with Gasteiger partial charge in [-0.3, -0.25) is 0 Å². The molecule has 0 saturated heterocycles. The summed E-state index contributed by atoms with van der Waals surface area (Å²) in [6.07, 6.45) is 1.84. The van der Waals surface area contributed by atoms with Gasteiger partial charge in [-0.1, -0.05) is 24.3 Å². The molecule has 0 heterocycles. The molecule has 0 amide bonds. The van der Waals surface area contributed by atoms with Gasteiger partial charge < -0.3 is 10.8 Å². The summed E-state index contributed by atoms with van der Waals surface area (Å²) in [6, 6.07) is 8.00. The third-order valence-corrected chi connectivity index (χ3v) is 3.55. The summed E-state index contributed by atoms with van der Waals surface area (Å²) in [5.74, 6) is 0. The quantitative estimate of drug-likeness (QED) is 0.620. The summed E-state index contributed by atoms with van der Waals surface area (Å²) >= 11 is 0. The molecule has 0 radical (unpaired) electrons. The fourth-order valence-electron chi connectivity index (χ4n) is 2.61. The van der Waals surface area contributed by atoms with Crippen molar-refractivity contribution in [2.24, 2.45) is 5.73 Å². The van der Waals surface area contributed by atoms with E-state index < -0.39 is 0 Å². The highest BCUT2D eigenvalue weighted by Crippen LogP contribution is 2.59. The Balaban J connectivity index is 2.22. The van der Waals surface area contributed by atoms with Gasteiger partial charge in [-0.15, -0.1) is 0 Å². The molecular formula is C11H13NO. The Kier molecular flexibility index (Phi) is 1.24. The van der Waals surface area contributed by atoms with Crippen LogP contribution in [0.1, 0.15) is 30.0 Å². The zero-order chi connectivity index (χ0) is 9.05. The van der Waals surface area contributed by atoms with Crippen LogP contribution in [-0.4, -0.2) is 11.2 Å². The predicted molar refractivity (Wildman–Crippen MR) is 50.3 cm³/mol. The van der Waals surface area contributed by atoms with E-state index in [9.17, 15) is 5.11 Å². The molecule has 3 N–H and O–H groups in total. The van der Waals surface area contributed by atoms with Crippen molar-refractivity contribution in [3.8, 4) is 0 Å². The number of hydrogen-bond acceptors (Lipinski definition) is 2. The molecule has 0 aliphatic heterocycles. The SMILES string of the molecule is N[C@H]1c2ccccc2C2(CC2)[C@@H]1O. The summed E-state index contributed by atoms with van der Waals surface area (Å²) < 4.78 is 0. The molecule has 1 saturated carbocycles. The van der Waals surface area contributed by atoms with Gasteiger partial charge in [-0.25, -0.2) is 0 Å². The van der Waals surface area contributed by atoms with Crippen molar-refractivity contribution in [3.63, 3.8) is 0 Å². The summed E-state index contributed by atoms with van der Waals surface area (Å²) in [6.45, 7) is 0. The van der Waals surface area contributed by atoms with E-state index in [1.807, 2.05) is 18.2 Å². The van der Waals surface area contributed by atoms with E-state index in [2.05, 4.69) is 6.07 Å². The normalized spacial score (nSPS) is 33.4. The smallest absolute Gasteiger partial charge is 0.0829 e. The zero-order valence-electron chi connectivity index (χ0n) is 7.40. The Bertz CT molecular complexity index is 357. The highest BCUT2D eigenvalue weighted by Gasteiger charge is 2.57. The number of aliphatic hydroxyl groups excluding tert-OH is 1. The van der Waals surface area contributed by atoms with Gasteiger partial charge >= 0.3 is 0 Å².